The molecule has 0 radical (unpaired) electrons. The maximum Gasteiger partial charge on any atom is 0.243 e. The van der Waals surface area contributed by atoms with E-state index >= 15 is 0 Å². The quantitative estimate of drug-likeness (QED) is 0.343. The highest BCUT2D eigenvalue weighted by Gasteiger charge is 2.32. The minimum atomic E-state index is -4.05. The van der Waals surface area contributed by atoms with Gasteiger partial charge in [-0.1, -0.05) is 13.0 Å². The number of thiazole rings is 1. The monoisotopic (exact) mass is 533 g/mol. The molecule has 0 unspecified atom stereocenters. The summed E-state index contributed by atoms with van der Waals surface area (Å²) >= 11 is 1.34. The van der Waals surface area contributed by atoms with E-state index < -0.39 is 27.0 Å². The predicted octanol–water partition coefficient (Wildman–Crippen LogP) is 3.58. The molecule has 190 valence electrons. The summed E-state index contributed by atoms with van der Waals surface area (Å²) in [7, 11) is -1.07. The van der Waals surface area contributed by atoms with E-state index in [1.54, 1.807) is 25.1 Å². The molecule has 1 N–H and O–H groups in total. The Kier molecular flexibility index (Phi) is 7.17. The molecular formula is C22H24FN7O4S2. The van der Waals surface area contributed by atoms with E-state index in [9.17, 15) is 12.8 Å². The van der Waals surface area contributed by atoms with E-state index in [0.29, 0.717) is 28.0 Å². The van der Waals surface area contributed by atoms with Gasteiger partial charge in [-0.05, 0) is 26.0 Å². The summed E-state index contributed by atoms with van der Waals surface area (Å²) in [5.41, 5.74) is 1.18. The van der Waals surface area contributed by atoms with Gasteiger partial charge < -0.3 is 9.47 Å². The van der Waals surface area contributed by atoms with Gasteiger partial charge in [-0.15, -0.1) is 21.5 Å². The van der Waals surface area contributed by atoms with Crippen molar-refractivity contribution in [2.45, 2.75) is 31.9 Å². The number of ether oxygens (including phenoxy) is 2. The lowest BCUT2D eigenvalue weighted by molar-refractivity contribution is 0.391. The van der Waals surface area contributed by atoms with Gasteiger partial charge in [0.1, 0.15) is 23.0 Å². The van der Waals surface area contributed by atoms with Gasteiger partial charge in [-0.3, -0.25) is 9.29 Å². The van der Waals surface area contributed by atoms with Crippen LogP contribution in [-0.2, 0) is 10.0 Å². The number of benzene rings is 1. The Bertz CT molecular complexity index is 1450. The molecule has 0 amide bonds. The van der Waals surface area contributed by atoms with Crippen molar-refractivity contribution in [3.8, 4) is 28.0 Å². The summed E-state index contributed by atoms with van der Waals surface area (Å²) in [6, 6.07) is 5.17. The number of methoxy groups -OCH3 is 2. The Morgan fingerprint density at radius 2 is 1.72 bits per heavy atom. The zero-order valence-electron chi connectivity index (χ0n) is 20.1. The number of hydrogen-bond acceptors (Lipinski definition) is 10. The lowest BCUT2D eigenvalue weighted by Crippen LogP contribution is -2.31. The van der Waals surface area contributed by atoms with E-state index in [0.717, 1.165) is 18.1 Å². The molecule has 4 rings (SSSR count). The highest BCUT2D eigenvalue weighted by Crippen LogP contribution is 2.38. The number of aryl methyl sites for hydroxylation is 1. The zero-order valence-corrected chi connectivity index (χ0v) is 21.8. The number of nitrogens with zero attached hydrogens (tertiary/aromatic N) is 6. The average Bonchev–Trinajstić information content (AvgIpc) is 3.48. The van der Waals surface area contributed by atoms with Crippen LogP contribution in [-0.4, -0.2) is 57.6 Å². The molecule has 11 nitrogen and oxygen atoms in total. The minimum Gasteiger partial charge on any atom is -0.494 e. The molecule has 3 aromatic heterocycles. The molecule has 0 saturated heterocycles. The molecule has 3 heterocycles. The number of hydrogen-bond donors (Lipinski definition) is 1. The van der Waals surface area contributed by atoms with Crippen molar-refractivity contribution in [2.75, 3.05) is 18.9 Å². The fourth-order valence-corrected chi connectivity index (χ4v) is 5.47. The van der Waals surface area contributed by atoms with Crippen LogP contribution in [0.5, 0.6) is 11.5 Å². The van der Waals surface area contributed by atoms with E-state index in [2.05, 4.69) is 29.9 Å². The second kappa shape index (κ2) is 10.1. The summed E-state index contributed by atoms with van der Waals surface area (Å²) in [5, 5.41) is 9.75. The first-order valence-electron chi connectivity index (χ1n) is 10.7. The fourth-order valence-electron chi connectivity index (χ4n) is 3.47. The molecule has 0 saturated carbocycles. The van der Waals surface area contributed by atoms with E-state index in [-0.39, 0.29) is 11.8 Å². The minimum absolute atomic E-state index is 0.0836. The standard InChI is InChI=1S/C22H24FN7O4S2/c1-12-11-35-21(26-12)20-27-28-22(30(20)18-16(33-4)7-6-8-17(18)34-5)29-36(31,32)14(3)13(2)19-24-9-15(23)10-25-19/h6-11,13-14H,1-5H3,(H,28,29)/t13-,14+/m1/s1. The molecule has 0 bridgehead atoms. The third kappa shape index (κ3) is 4.86. The van der Waals surface area contributed by atoms with Crippen LogP contribution in [0, 0.1) is 12.7 Å². The maximum atomic E-state index is 13.4. The molecule has 4 aromatic rings. The summed E-state index contributed by atoms with van der Waals surface area (Å²) < 4.78 is 55.2. The SMILES string of the molecule is COc1cccc(OC)c1-n1c(NS(=O)(=O)[C@@H](C)[C@@H](C)c2ncc(F)cn2)nnc1-c1nc(C)cs1. The number of anilines is 1. The molecule has 0 aliphatic heterocycles. The molecule has 14 heteroatoms. The summed E-state index contributed by atoms with van der Waals surface area (Å²) in [4.78, 5) is 12.3. The third-order valence-electron chi connectivity index (χ3n) is 5.57. The van der Waals surface area contributed by atoms with E-state index in [4.69, 9.17) is 9.47 Å². The zero-order chi connectivity index (χ0) is 26.0. The van der Waals surface area contributed by atoms with Crippen molar-refractivity contribution in [1.29, 1.82) is 0 Å². The fraction of sp³-hybridized carbons (Fsp3) is 0.318. The Hall–Kier alpha value is -3.65. The topological polar surface area (TPSA) is 134 Å². The molecule has 0 spiro atoms. The van der Waals surface area contributed by atoms with Gasteiger partial charge in [0.15, 0.2) is 16.6 Å². The molecule has 0 aliphatic rings. The smallest absolute Gasteiger partial charge is 0.243 e. The van der Waals surface area contributed by atoms with Gasteiger partial charge in [-0.2, -0.15) is 0 Å². The maximum absolute atomic E-state index is 13.4. The van der Waals surface area contributed by atoms with Crippen LogP contribution < -0.4 is 14.2 Å². The summed E-state index contributed by atoms with van der Waals surface area (Å²) in [6.45, 7) is 5.00. The molecule has 2 atom stereocenters. The highest BCUT2D eigenvalue weighted by atomic mass is 32.2. The first kappa shape index (κ1) is 25.4. The normalized spacial score (nSPS) is 13.3. The molecule has 0 fully saturated rings. The Morgan fingerprint density at radius 1 is 1.08 bits per heavy atom. The largest absolute Gasteiger partial charge is 0.494 e. The molecule has 1 aromatic carbocycles. The Labute approximate surface area is 211 Å². The first-order valence-corrected chi connectivity index (χ1v) is 13.2. The van der Waals surface area contributed by atoms with Crippen molar-refractivity contribution in [2.24, 2.45) is 0 Å². The second-order valence-corrected chi connectivity index (χ2v) is 10.8. The third-order valence-corrected chi connectivity index (χ3v) is 8.38. The molecule has 36 heavy (non-hydrogen) atoms. The number of rotatable bonds is 9. The lowest BCUT2D eigenvalue weighted by atomic mass is 10.1. The number of para-hydroxylation sites is 1. The van der Waals surface area contributed by atoms with Crippen LogP contribution in [0.1, 0.15) is 31.3 Å². The van der Waals surface area contributed by atoms with Crippen molar-refractivity contribution >= 4 is 27.3 Å². The van der Waals surface area contributed by atoms with Crippen LogP contribution >= 0.6 is 11.3 Å². The number of sulfonamides is 1. The van der Waals surface area contributed by atoms with Crippen molar-refractivity contribution in [3.63, 3.8) is 0 Å². The van der Waals surface area contributed by atoms with Gasteiger partial charge in [0.05, 0.1) is 31.9 Å². The average molecular weight is 534 g/mol. The number of aromatic nitrogens is 6. The molecular weight excluding hydrogens is 509 g/mol. The van der Waals surface area contributed by atoms with Crippen LogP contribution in [0.3, 0.4) is 0 Å². The number of halogens is 1. The Balaban J connectivity index is 1.81. The van der Waals surface area contributed by atoms with Crippen LogP contribution in [0.25, 0.3) is 16.5 Å². The summed E-state index contributed by atoms with van der Waals surface area (Å²) in [6.07, 6.45) is 2.00. The van der Waals surface area contributed by atoms with Gasteiger partial charge >= 0.3 is 0 Å². The van der Waals surface area contributed by atoms with Crippen LogP contribution in [0.4, 0.5) is 10.3 Å². The van der Waals surface area contributed by atoms with E-state index in [1.165, 1.54) is 37.0 Å². The Morgan fingerprint density at radius 3 is 2.28 bits per heavy atom. The highest BCUT2D eigenvalue weighted by molar-refractivity contribution is 7.93. The number of nitrogens with one attached hydrogen (secondary N) is 1. The first-order chi connectivity index (χ1) is 17.2. The van der Waals surface area contributed by atoms with Crippen molar-refractivity contribution in [3.05, 3.63) is 53.3 Å². The summed E-state index contributed by atoms with van der Waals surface area (Å²) in [5.74, 6) is -0.0303. The van der Waals surface area contributed by atoms with Gasteiger partial charge in [0.25, 0.3) is 0 Å². The predicted molar refractivity (Wildman–Crippen MR) is 133 cm³/mol. The molecule has 0 aliphatic carbocycles. The van der Waals surface area contributed by atoms with Crippen molar-refractivity contribution < 1.29 is 22.3 Å². The van der Waals surface area contributed by atoms with Gasteiger partial charge in [0.2, 0.25) is 16.0 Å². The van der Waals surface area contributed by atoms with Gasteiger partial charge in [0, 0.05) is 17.0 Å². The van der Waals surface area contributed by atoms with Crippen LogP contribution in [0.2, 0.25) is 0 Å². The van der Waals surface area contributed by atoms with Crippen molar-refractivity contribution in [1.82, 2.24) is 29.7 Å². The van der Waals surface area contributed by atoms with Gasteiger partial charge in [-0.25, -0.2) is 27.8 Å². The second-order valence-electron chi connectivity index (χ2n) is 7.89. The van der Waals surface area contributed by atoms with E-state index in [1.807, 2.05) is 12.3 Å². The van der Waals surface area contributed by atoms with Crippen LogP contribution in [0.15, 0.2) is 36.0 Å². The lowest BCUT2D eigenvalue weighted by Gasteiger charge is -2.21.